The average molecular weight is 258 g/mol. The van der Waals surface area contributed by atoms with Crippen molar-refractivity contribution in [3.63, 3.8) is 0 Å². The molecular weight excluding hydrogens is 247 g/mol. The van der Waals surface area contributed by atoms with Gasteiger partial charge in [-0.1, -0.05) is 0 Å². The molecule has 1 aliphatic rings. The Morgan fingerprint density at radius 3 is 1.44 bits per heavy atom. The molecule has 1 aliphatic carbocycles. The predicted octanol–water partition coefficient (Wildman–Crippen LogP) is -4.98. The Balaban J connectivity index is 2.87. The molecule has 0 saturated heterocycles. The fourth-order valence-electron chi connectivity index (χ4n) is 1.47. The van der Waals surface area contributed by atoms with Gasteiger partial charge in [-0.05, 0) is 0 Å². The number of aliphatic hydroxyl groups excluding tert-OH is 5. The maximum atomic E-state index is 10.3. The minimum absolute atomic E-state index is 1.87. The summed E-state index contributed by atoms with van der Waals surface area (Å²) in [5, 5.41) is 45.9. The Labute approximate surface area is 89.8 Å². The monoisotopic (exact) mass is 258 g/mol. The van der Waals surface area contributed by atoms with Crippen molar-refractivity contribution in [3.8, 4) is 0 Å². The molecule has 16 heavy (non-hydrogen) atoms. The van der Waals surface area contributed by atoms with Gasteiger partial charge in [0.15, 0.2) is 0 Å². The van der Waals surface area contributed by atoms with Gasteiger partial charge in [0.05, 0.1) is 7.82 Å². The third-order valence-electron chi connectivity index (χ3n) is 2.32. The summed E-state index contributed by atoms with van der Waals surface area (Å²) < 4.78 is 14.1. The molecule has 0 aromatic rings. The van der Waals surface area contributed by atoms with Crippen molar-refractivity contribution in [1.82, 2.24) is 0 Å². The van der Waals surface area contributed by atoms with Crippen molar-refractivity contribution in [2.45, 2.75) is 36.6 Å². The van der Waals surface area contributed by atoms with Crippen molar-refractivity contribution in [3.05, 3.63) is 0 Å². The van der Waals surface area contributed by atoms with Gasteiger partial charge >= 0.3 is 0 Å². The van der Waals surface area contributed by atoms with Crippen LogP contribution in [0.3, 0.4) is 0 Å². The highest BCUT2D eigenvalue weighted by Gasteiger charge is 2.49. The van der Waals surface area contributed by atoms with Crippen LogP contribution in [0.4, 0.5) is 0 Å². The third-order valence-corrected chi connectivity index (χ3v) is 2.83. The Kier molecular flexibility index (Phi) is 4.06. The van der Waals surface area contributed by atoms with Gasteiger partial charge in [-0.3, -0.25) is 0 Å². The zero-order chi connectivity index (χ0) is 12.7. The minimum Gasteiger partial charge on any atom is -0.790 e. The summed E-state index contributed by atoms with van der Waals surface area (Å²) >= 11 is 0. The highest BCUT2D eigenvalue weighted by atomic mass is 31.2. The van der Waals surface area contributed by atoms with E-state index in [1.807, 2.05) is 0 Å². The van der Waals surface area contributed by atoms with E-state index in [1.54, 1.807) is 0 Å². The molecule has 10 heteroatoms. The normalized spacial score (nSPS) is 45.7. The molecule has 1 rings (SSSR count). The lowest BCUT2D eigenvalue weighted by atomic mass is 9.85. The number of hydrogen-bond donors (Lipinski definition) is 5. The molecule has 0 amide bonds. The molecule has 9 nitrogen and oxygen atoms in total. The summed E-state index contributed by atoms with van der Waals surface area (Å²) in [6, 6.07) is 0. The fraction of sp³-hybridized carbons (Fsp3) is 1.00. The van der Waals surface area contributed by atoms with Crippen LogP contribution in [-0.2, 0) is 9.09 Å². The van der Waals surface area contributed by atoms with Gasteiger partial charge in [0.2, 0.25) is 0 Å². The van der Waals surface area contributed by atoms with Gasteiger partial charge in [0.1, 0.15) is 36.6 Å². The predicted molar refractivity (Wildman–Crippen MR) is 42.5 cm³/mol. The first kappa shape index (κ1) is 14.0. The zero-order valence-electron chi connectivity index (χ0n) is 7.78. The highest BCUT2D eigenvalue weighted by molar-refractivity contribution is 7.43. The molecule has 0 aromatic heterocycles. The molecule has 0 heterocycles. The van der Waals surface area contributed by atoms with Crippen LogP contribution in [0.15, 0.2) is 0 Å². The second-order valence-electron chi connectivity index (χ2n) is 3.47. The third kappa shape index (κ3) is 2.77. The van der Waals surface area contributed by atoms with Crippen molar-refractivity contribution in [1.29, 1.82) is 0 Å². The zero-order valence-corrected chi connectivity index (χ0v) is 8.67. The molecule has 1 saturated carbocycles. The van der Waals surface area contributed by atoms with Crippen molar-refractivity contribution >= 4 is 7.82 Å². The van der Waals surface area contributed by atoms with Gasteiger partial charge in [0, 0.05) is 0 Å². The second kappa shape index (κ2) is 4.65. The Bertz CT molecular complexity index is 274. The first-order chi connectivity index (χ1) is 7.15. The van der Waals surface area contributed by atoms with E-state index in [0.717, 1.165) is 0 Å². The van der Waals surface area contributed by atoms with Gasteiger partial charge in [0.25, 0.3) is 0 Å². The molecule has 0 bridgehead atoms. The summed E-state index contributed by atoms with van der Waals surface area (Å²) in [6.07, 6.45) is -11.8. The number of phosphoric ester groups is 1. The molecule has 0 aliphatic heterocycles. The molecule has 0 radical (unpaired) electrons. The molecule has 5 N–H and O–H groups in total. The van der Waals surface area contributed by atoms with Crippen molar-refractivity contribution in [2.24, 2.45) is 0 Å². The van der Waals surface area contributed by atoms with E-state index in [0.29, 0.717) is 0 Å². The maximum Gasteiger partial charge on any atom is 0.120 e. The summed E-state index contributed by atoms with van der Waals surface area (Å²) in [5.74, 6) is 0. The number of aliphatic hydroxyl groups is 5. The summed E-state index contributed by atoms with van der Waals surface area (Å²) in [6.45, 7) is 0. The fourth-order valence-corrected chi connectivity index (χ4v) is 2.02. The summed E-state index contributed by atoms with van der Waals surface area (Å²) in [7, 11) is -5.51. The van der Waals surface area contributed by atoms with Crippen molar-refractivity contribution in [2.75, 3.05) is 0 Å². The Hall–Kier alpha value is -0.0900. The van der Waals surface area contributed by atoms with Crippen molar-refractivity contribution < 1.29 is 44.4 Å². The first-order valence-electron chi connectivity index (χ1n) is 4.26. The number of rotatable bonds is 2. The Morgan fingerprint density at radius 1 is 0.812 bits per heavy atom. The molecule has 0 spiro atoms. The van der Waals surface area contributed by atoms with E-state index < -0.39 is 44.4 Å². The van der Waals surface area contributed by atoms with Crippen LogP contribution in [-0.4, -0.2) is 62.2 Å². The molecule has 2 unspecified atom stereocenters. The molecule has 1 fully saturated rings. The van der Waals surface area contributed by atoms with Gasteiger partial charge in [-0.2, -0.15) is 0 Å². The van der Waals surface area contributed by atoms with E-state index in [-0.39, 0.29) is 0 Å². The maximum absolute atomic E-state index is 10.3. The largest absolute Gasteiger partial charge is 0.790 e. The highest BCUT2D eigenvalue weighted by Crippen LogP contribution is 2.34. The average Bonchev–Trinajstić information content (AvgIpc) is 2.17. The van der Waals surface area contributed by atoms with Gasteiger partial charge in [-0.15, -0.1) is 0 Å². The minimum atomic E-state index is -5.51. The standard InChI is InChI=1S/C6H13O9P/c7-1-2(8)4(10)6(5(11)3(1)9)15-16(12,13)14/h1-11H,(H2,12,13,14)/p-2/t1?,2-,3+,4+,5-,6?. The summed E-state index contributed by atoms with van der Waals surface area (Å²) in [4.78, 5) is 20.6. The van der Waals surface area contributed by atoms with E-state index >= 15 is 0 Å². The van der Waals surface area contributed by atoms with Crippen LogP contribution < -0.4 is 9.79 Å². The summed E-state index contributed by atoms with van der Waals surface area (Å²) in [5.41, 5.74) is 0. The van der Waals surface area contributed by atoms with Crippen LogP contribution in [0.25, 0.3) is 0 Å². The van der Waals surface area contributed by atoms with Crippen LogP contribution >= 0.6 is 7.82 Å². The Morgan fingerprint density at radius 2 is 1.12 bits per heavy atom. The lowest BCUT2D eigenvalue weighted by Gasteiger charge is -2.45. The second-order valence-corrected chi connectivity index (χ2v) is 4.58. The van der Waals surface area contributed by atoms with Gasteiger partial charge < -0.3 is 44.4 Å². The van der Waals surface area contributed by atoms with Crippen LogP contribution in [0.2, 0.25) is 0 Å². The van der Waals surface area contributed by atoms with Crippen LogP contribution in [0, 0.1) is 0 Å². The topological polar surface area (TPSA) is 174 Å². The molecule has 96 valence electrons. The van der Waals surface area contributed by atoms with E-state index in [9.17, 15) is 24.6 Å². The van der Waals surface area contributed by atoms with Crippen LogP contribution in [0.1, 0.15) is 0 Å². The van der Waals surface area contributed by atoms with Crippen LogP contribution in [0.5, 0.6) is 0 Å². The lowest BCUT2D eigenvalue weighted by molar-refractivity contribution is -0.353. The van der Waals surface area contributed by atoms with E-state index in [2.05, 4.69) is 4.52 Å². The number of phosphoric acid groups is 1. The van der Waals surface area contributed by atoms with E-state index in [1.165, 1.54) is 0 Å². The molecular formula is C6H11O9P-2. The lowest BCUT2D eigenvalue weighted by Crippen LogP contribution is -2.64. The van der Waals surface area contributed by atoms with Gasteiger partial charge in [-0.25, -0.2) is 0 Å². The SMILES string of the molecule is O=P([O-])([O-])OC1[C@@H](O)[C@H](O)C(O)[C@H](O)[C@H]1O. The van der Waals surface area contributed by atoms with E-state index in [4.69, 9.17) is 15.3 Å². The number of hydrogen-bond acceptors (Lipinski definition) is 9. The smallest absolute Gasteiger partial charge is 0.120 e. The quantitative estimate of drug-likeness (QED) is 0.304. The molecule has 0 aromatic carbocycles. The first-order valence-corrected chi connectivity index (χ1v) is 5.72. The molecule has 6 atom stereocenters.